The molecule has 20 heavy (non-hydrogen) atoms. The van der Waals surface area contributed by atoms with Crippen LogP contribution < -0.4 is 5.32 Å². The van der Waals surface area contributed by atoms with Gasteiger partial charge in [0.2, 0.25) is 0 Å². The van der Waals surface area contributed by atoms with Gasteiger partial charge in [-0.25, -0.2) is 0 Å². The van der Waals surface area contributed by atoms with Gasteiger partial charge in [0.05, 0.1) is 0 Å². The summed E-state index contributed by atoms with van der Waals surface area (Å²) in [5.74, 6) is 0.687. The molecule has 0 aliphatic heterocycles. The first-order chi connectivity index (χ1) is 9.67. The van der Waals surface area contributed by atoms with Gasteiger partial charge in [0, 0.05) is 16.5 Å². The molecule has 0 saturated carbocycles. The fraction of sp³-hybridized carbons (Fsp3) is 0.667. The Morgan fingerprint density at radius 1 is 1.25 bits per heavy atom. The normalized spacial score (nSPS) is 27.1. The van der Waals surface area contributed by atoms with Crippen LogP contribution in [0.5, 0.6) is 0 Å². The van der Waals surface area contributed by atoms with Gasteiger partial charge in [0.25, 0.3) is 0 Å². The topological polar surface area (TPSA) is 12.0 Å². The maximum atomic E-state index is 3.81. The second-order valence-corrected chi connectivity index (χ2v) is 7.77. The van der Waals surface area contributed by atoms with Crippen molar-refractivity contribution in [1.29, 1.82) is 0 Å². The lowest BCUT2D eigenvalue weighted by molar-refractivity contribution is 0.443. The molecular weight excluding hydrogens is 262 g/mol. The number of fused-ring (bicyclic) bond motifs is 1. The number of nitrogens with one attached hydrogen (secondary N) is 1. The van der Waals surface area contributed by atoms with Crippen molar-refractivity contribution in [1.82, 2.24) is 5.32 Å². The van der Waals surface area contributed by atoms with E-state index in [0.29, 0.717) is 17.2 Å². The quantitative estimate of drug-likeness (QED) is 0.779. The van der Waals surface area contributed by atoms with E-state index in [1.807, 2.05) is 0 Å². The van der Waals surface area contributed by atoms with E-state index in [0.717, 1.165) is 11.8 Å². The molecule has 0 bridgehead atoms. The van der Waals surface area contributed by atoms with E-state index in [-0.39, 0.29) is 0 Å². The van der Waals surface area contributed by atoms with Gasteiger partial charge in [-0.2, -0.15) is 11.8 Å². The molecule has 1 aliphatic rings. The third-order valence-electron chi connectivity index (χ3n) is 4.42. The molecular formula is C18H29NS. The minimum Gasteiger partial charge on any atom is -0.309 e. The lowest BCUT2D eigenvalue weighted by Crippen LogP contribution is -2.36. The molecule has 4 atom stereocenters. The zero-order valence-corrected chi connectivity index (χ0v) is 14.2. The fourth-order valence-electron chi connectivity index (χ4n) is 3.12. The molecule has 1 aliphatic carbocycles. The summed E-state index contributed by atoms with van der Waals surface area (Å²) in [6, 6.07) is 9.57. The van der Waals surface area contributed by atoms with Gasteiger partial charge < -0.3 is 5.32 Å². The zero-order valence-electron chi connectivity index (χ0n) is 13.4. The van der Waals surface area contributed by atoms with Crippen molar-refractivity contribution in [2.75, 3.05) is 6.54 Å². The average Bonchev–Trinajstić information content (AvgIpc) is 2.47. The smallest absolute Gasteiger partial charge is 0.0443 e. The summed E-state index contributed by atoms with van der Waals surface area (Å²) < 4.78 is 0. The highest BCUT2D eigenvalue weighted by Crippen LogP contribution is 2.44. The standard InChI is InChI=1S/C18H29NS/c1-5-11-19-18-16-10-8-7-9-15(16)13(3)12-17(18)20-14(4)6-2/h7-10,13-14,17-19H,5-6,11-12H2,1-4H3. The van der Waals surface area contributed by atoms with Crippen LogP contribution in [-0.4, -0.2) is 17.0 Å². The number of rotatable bonds is 6. The van der Waals surface area contributed by atoms with Crippen LogP contribution in [0.4, 0.5) is 0 Å². The molecule has 1 aromatic carbocycles. The minimum absolute atomic E-state index is 0.529. The second-order valence-electron chi connectivity index (χ2n) is 6.09. The van der Waals surface area contributed by atoms with E-state index in [2.05, 4.69) is 69.0 Å². The highest BCUT2D eigenvalue weighted by Gasteiger charge is 2.33. The van der Waals surface area contributed by atoms with Crippen LogP contribution in [0.3, 0.4) is 0 Å². The highest BCUT2D eigenvalue weighted by atomic mass is 32.2. The summed E-state index contributed by atoms with van der Waals surface area (Å²) in [6.07, 6.45) is 3.76. The van der Waals surface area contributed by atoms with Crippen LogP contribution >= 0.6 is 11.8 Å². The maximum absolute atomic E-state index is 3.81. The SMILES string of the molecule is CCCNC1c2ccccc2C(C)CC1SC(C)CC. The molecule has 0 aromatic heterocycles. The van der Waals surface area contributed by atoms with Crippen LogP contribution in [0, 0.1) is 0 Å². The Morgan fingerprint density at radius 2 is 1.95 bits per heavy atom. The Bertz CT molecular complexity index is 418. The van der Waals surface area contributed by atoms with E-state index >= 15 is 0 Å². The van der Waals surface area contributed by atoms with Crippen LogP contribution in [0.2, 0.25) is 0 Å². The first-order valence-corrected chi connectivity index (χ1v) is 9.09. The Hall–Kier alpha value is -0.470. The van der Waals surface area contributed by atoms with Gasteiger partial charge in [-0.1, -0.05) is 52.0 Å². The summed E-state index contributed by atoms with van der Waals surface area (Å²) in [6.45, 7) is 10.4. The van der Waals surface area contributed by atoms with Crippen LogP contribution in [0.25, 0.3) is 0 Å². The predicted molar refractivity (Wildman–Crippen MR) is 91.6 cm³/mol. The van der Waals surface area contributed by atoms with Gasteiger partial charge in [-0.3, -0.25) is 0 Å². The number of hydrogen-bond donors (Lipinski definition) is 1. The number of benzene rings is 1. The predicted octanol–water partition coefficient (Wildman–Crippen LogP) is 5.13. The molecule has 0 amide bonds. The van der Waals surface area contributed by atoms with Gasteiger partial charge in [0.15, 0.2) is 0 Å². The number of hydrogen-bond acceptors (Lipinski definition) is 2. The molecule has 0 saturated heterocycles. The Morgan fingerprint density at radius 3 is 2.60 bits per heavy atom. The molecule has 0 heterocycles. The summed E-state index contributed by atoms with van der Waals surface area (Å²) in [5.41, 5.74) is 3.10. The largest absolute Gasteiger partial charge is 0.309 e. The zero-order chi connectivity index (χ0) is 14.5. The van der Waals surface area contributed by atoms with E-state index in [9.17, 15) is 0 Å². The Kier molecular flexibility index (Phi) is 5.98. The molecule has 1 nitrogen and oxygen atoms in total. The molecule has 0 spiro atoms. The van der Waals surface area contributed by atoms with Gasteiger partial charge in [0.1, 0.15) is 0 Å². The van der Waals surface area contributed by atoms with E-state index in [1.54, 1.807) is 11.1 Å². The lowest BCUT2D eigenvalue weighted by atomic mass is 9.80. The van der Waals surface area contributed by atoms with Crippen molar-refractivity contribution in [2.45, 2.75) is 69.4 Å². The highest BCUT2D eigenvalue weighted by molar-refractivity contribution is 8.00. The molecule has 1 aromatic rings. The summed E-state index contributed by atoms with van der Waals surface area (Å²) in [7, 11) is 0. The van der Waals surface area contributed by atoms with Crippen LogP contribution in [-0.2, 0) is 0 Å². The molecule has 112 valence electrons. The first-order valence-electron chi connectivity index (χ1n) is 8.15. The molecule has 0 fully saturated rings. The van der Waals surface area contributed by atoms with E-state index in [1.165, 1.54) is 19.3 Å². The first kappa shape index (κ1) is 15.9. The molecule has 2 heteroatoms. The van der Waals surface area contributed by atoms with Crippen molar-refractivity contribution in [3.8, 4) is 0 Å². The van der Waals surface area contributed by atoms with Gasteiger partial charge >= 0.3 is 0 Å². The monoisotopic (exact) mass is 291 g/mol. The Balaban J connectivity index is 2.24. The van der Waals surface area contributed by atoms with Gasteiger partial charge in [-0.05, 0) is 42.9 Å². The second kappa shape index (κ2) is 7.51. The molecule has 4 unspecified atom stereocenters. The maximum Gasteiger partial charge on any atom is 0.0443 e. The minimum atomic E-state index is 0.529. The Labute approximate surface area is 128 Å². The third kappa shape index (κ3) is 3.59. The fourth-order valence-corrected chi connectivity index (χ4v) is 4.71. The summed E-state index contributed by atoms with van der Waals surface area (Å²) in [4.78, 5) is 0. The van der Waals surface area contributed by atoms with Crippen molar-refractivity contribution < 1.29 is 0 Å². The molecule has 2 rings (SSSR count). The molecule has 0 radical (unpaired) electrons. The number of thioether (sulfide) groups is 1. The van der Waals surface area contributed by atoms with Crippen molar-refractivity contribution in [2.24, 2.45) is 0 Å². The average molecular weight is 292 g/mol. The van der Waals surface area contributed by atoms with Crippen molar-refractivity contribution >= 4 is 11.8 Å². The lowest BCUT2D eigenvalue weighted by Gasteiger charge is -2.38. The van der Waals surface area contributed by atoms with E-state index in [4.69, 9.17) is 0 Å². The summed E-state index contributed by atoms with van der Waals surface area (Å²) >= 11 is 2.18. The van der Waals surface area contributed by atoms with Crippen LogP contribution in [0.1, 0.15) is 70.0 Å². The van der Waals surface area contributed by atoms with Crippen molar-refractivity contribution in [3.63, 3.8) is 0 Å². The molecule has 1 N–H and O–H groups in total. The van der Waals surface area contributed by atoms with Crippen molar-refractivity contribution in [3.05, 3.63) is 35.4 Å². The van der Waals surface area contributed by atoms with Crippen LogP contribution in [0.15, 0.2) is 24.3 Å². The van der Waals surface area contributed by atoms with E-state index < -0.39 is 0 Å². The van der Waals surface area contributed by atoms with Gasteiger partial charge in [-0.15, -0.1) is 0 Å². The summed E-state index contributed by atoms with van der Waals surface area (Å²) in [5, 5.41) is 5.27. The third-order valence-corrected chi connectivity index (χ3v) is 6.03.